The number of nitrogens with one attached hydrogen (secondary N) is 2. The molecule has 10 heteroatoms. The van der Waals surface area contributed by atoms with Gasteiger partial charge in [0.15, 0.2) is 17.3 Å². The number of hydrogen-bond donors (Lipinski definition) is 2. The van der Waals surface area contributed by atoms with E-state index in [1.54, 1.807) is 45.5 Å². The van der Waals surface area contributed by atoms with Crippen molar-refractivity contribution in [3.63, 3.8) is 0 Å². The van der Waals surface area contributed by atoms with Crippen LogP contribution in [-0.2, 0) is 0 Å². The van der Waals surface area contributed by atoms with Gasteiger partial charge in [-0.15, -0.1) is 0 Å². The minimum absolute atomic E-state index is 0.0198. The average molecular weight is 488 g/mol. The first-order valence-corrected chi connectivity index (χ1v) is 11.4. The number of anilines is 2. The Morgan fingerprint density at radius 2 is 1.91 bits per heavy atom. The molecule has 2 amide bonds. The molecule has 8 nitrogen and oxygen atoms in total. The summed E-state index contributed by atoms with van der Waals surface area (Å²) in [4.78, 5) is 22.1. The van der Waals surface area contributed by atoms with E-state index in [1.165, 1.54) is 17.3 Å². The van der Waals surface area contributed by atoms with Crippen LogP contribution in [0.15, 0.2) is 36.7 Å². The van der Waals surface area contributed by atoms with Crippen molar-refractivity contribution in [3.8, 4) is 11.5 Å². The highest BCUT2D eigenvalue weighted by molar-refractivity contribution is 6.31. The van der Waals surface area contributed by atoms with E-state index in [4.69, 9.17) is 21.1 Å². The van der Waals surface area contributed by atoms with Crippen LogP contribution in [0.4, 0.5) is 20.7 Å². The first-order chi connectivity index (χ1) is 16.4. The highest BCUT2D eigenvalue weighted by Gasteiger charge is 2.25. The molecule has 0 aliphatic heterocycles. The normalized spacial score (nSPS) is 17.8. The largest absolute Gasteiger partial charge is 0.493 e. The molecule has 1 aliphatic rings. The zero-order valence-electron chi connectivity index (χ0n) is 19.3. The van der Waals surface area contributed by atoms with E-state index in [2.05, 4.69) is 20.6 Å². The summed E-state index contributed by atoms with van der Waals surface area (Å²) in [6.07, 6.45) is 4.61. The number of carbonyl (C=O) groups excluding carboxylic acids is 1. The number of aromatic nitrogens is 2. The molecule has 34 heavy (non-hydrogen) atoms. The van der Waals surface area contributed by atoms with Gasteiger partial charge in [-0.05, 0) is 43.9 Å². The molecule has 0 spiro atoms. The van der Waals surface area contributed by atoms with Gasteiger partial charge < -0.3 is 25.0 Å². The summed E-state index contributed by atoms with van der Waals surface area (Å²) in [6.45, 7) is 0. The van der Waals surface area contributed by atoms with E-state index in [0.29, 0.717) is 28.2 Å². The van der Waals surface area contributed by atoms with Crippen molar-refractivity contribution in [2.75, 3.05) is 26.5 Å². The fraction of sp³-hybridized carbons (Fsp3) is 0.375. The van der Waals surface area contributed by atoms with E-state index in [-0.39, 0.29) is 28.9 Å². The summed E-state index contributed by atoms with van der Waals surface area (Å²) in [7, 11) is 5.02. The second-order valence-electron chi connectivity index (χ2n) is 8.40. The second-order valence-corrected chi connectivity index (χ2v) is 8.81. The molecule has 1 saturated carbocycles. The van der Waals surface area contributed by atoms with Crippen LogP contribution >= 0.6 is 11.6 Å². The second kappa shape index (κ2) is 10.3. The fourth-order valence-electron chi connectivity index (χ4n) is 3.95. The molecule has 0 radical (unpaired) electrons. The van der Waals surface area contributed by atoms with Crippen molar-refractivity contribution in [3.05, 3.63) is 47.5 Å². The maximum atomic E-state index is 14.4. The maximum Gasteiger partial charge on any atom is 0.317 e. The van der Waals surface area contributed by atoms with Crippen molar-refractivity contribution in [2.24, 2.45) is 0 Å². The van der Waals surface area contributed by atoms with Gasteiger partial charge in [-0.25, -0.2) is 19.2 Å². The minimum atomic E-state index is -0.556. The van der Waals surface area contributed by atoms with Crippen LogP contribution in [0.2, 0.25) is 5.02 Å². The molecular formula is C24H27ClFN5O3. The smallest absolute Gasteiger partial charge is 0.317 e. The molecule has 2 N–H and O–H groups in total. The van der Waals surface area contributed by atoms with Gasteiger partial charge in [-0.2, -0.15) is 0 Å². The average Bonchev–Trinajstić information content (AvgIpc) is 2.83. The first-order valence-electron chi connectivity index (χ1n) is 11.0. The summed E-state index contributed by atoms with van der Waals surface area (Å²) in [5.41, 5.74) is 0.836. The van der Waals surface area contributed by atoms with Crippen LogP contribution in [-0.4, -0.2) is 54.2 Å². The number of halogens is 2. The number of methoxy groups -OCH3 is 1. The number of rotatable bonds is 6. The lowest BCUT2D eigenvalue weighted by molar-refractivity contribution is 0.134. The summed E-state index contributed by atoms with van der Waals surface area (Å²) in [6, 6.07) is 8.35. The van der Waals surface area contributed by atoms with E-state index in [0.717, 1.165) is 25.7 Å². The van der Waals surface area contributed by atoms with Crippen LogP contribution in [0.1, 0.15) is 25.7 Å². The number of urea groups is 1. The molecule has 0 unspecified atom stereocenters. The maximum absolute atomic E-state index is 14.4. The first kappa shape index (κ1) is 23.8. The van der Waals surface area contributed by atoms with Gasteiger partial charge in [0.2, 0.25) is 0 Å². The van der Waals surface area contributed by atoms with Gasteiger partial charge in [0.1, 0.15) is 12.1 Å². The van der Waals surface area contributed by atoms with Gasteiger partial charge in [-0.1, -0.05) is 17.7 Å². The van der Waals surface area contributed by atoms with Crippen molar-refractivity contribution < 1.29 is 18.7 Å². The zero-order valence-corrected chi connectivity index (χ0v) is 20.0. The van der Waals surface area contributed by atoms with Gasteiger partial charge in [0, 0.05) is 31.6 Å². The molecule has 180 valence electrons. The Labute approximate surface area is 202 Å². The quantitative estimate of drug-likeness (QED) is 0.500. The number of amides is 2. The molecule has 0 bridgehead atoms. The number of nitrogens with zero attached hydrogens (tertiary/aromatic N) is 3. The van der Waals surface area contributed by atoms with Crippen LogP contribution in [0.5, 0.6) is 11.5 Å². The SMILES string of the molecule is COc1cc2ncnc(Nc3cccc(Cl)c3F)c2cc1O[C@H]1CC[C@H](NC(=O)N(C)C)CC1. The van der Waals surface area contributed by atoms with Crippen molar-refractivity contribution >= 4 is 40.0 Å². The summed E-state index contributed by atoms with van der Waals surface area (Å²) in [5, 5.41) is 6.71. The molecule has 4 rings (SSSR count). The van der Waals surface area contributed by atoms with Gasteiger partial charge >= 0.3 is 6.03 Å². The van der Waals surface area contributed by atoms with Crippen LogP contribution in [0, 0.1) is 5.82 Å². The minimum Gasteiger partial charge on any atom is -0.493 e. The monoisotopic (exact) mass is 487 g/mol. The molecule has 1 aromatic heterocycles. The molecule has 0 atom stereocenters. The molecular weight excluding hydrogens is 461 g/mol. The molecule has 1 aliphatic carbocycles. The number of ether oxygens (including phenoxy) is 2. The Hall–Kier alpha value is -3.33. The summed E-state index contributed by atoms with van der Waals surface area (Å²) in [5.74, 6) is 0.974. The fourth-order valence-corrected chi connectivity index (χ4v) is 4.13. The standard InChI is InChI=1S/C24H27ClFN5O3/c1-31(2)24(32)29-14-7-9-15(10-8-14)34-21-11-16-19(12-20(21)33-3)27-13-28-23(16)30-18-6-4-5-17(25)22(18)26/h4-6,11-15H,7-10H2,1-3H3,(H,29,32)(H,27,28,30)/t14-,15-. The van der Waals surface area contributed by atoms with E-state index in [1.807, 2.05) is 0 Å². The lowest BCUT2D eigenvalue weighted by atomic mass is 9.93. The molecule has 1 heterocycles. The number of carbonyl (C=O) groups is 1. The zero-order chi connectivity index (χ0) is 24.2. The van der Waals surface area contributed by atoms with Gasteiger partial charge in [0.05, 0.1) is 29.4 Å². The highest BCUT2D eigenvalue weighted by atomic mass is 35.5. The Kier molecular flexibility index (Phi) is 7.21. The lowest BCUT2D eigenvalue weighted by Gasteiger charge is -2.30. The molecule has 2 aromatic carbocycles. The van der Waals surface area contributed by atoms with Crippen LogP contribution < -0.4 is 20.1 Å². The van der Waals surface area contributed by atoms with Crippen molar-refractivity contribution in [1.29, 1.82) is 0 Å². The van der Waals surface area contributed by atoms with Gasteiger partial charge in [-0.3, -0.25) is 0 Å². The van der Waals surface area contributed by atoms with E-state index < -0.39 is 5.82 Å². The van der Waals surface area contributed by atoms with Crippen LogP contribution in [0.3, 0.4) is 0 Å². The molecule has 1 fully saturated rings. The number of fused-ring (bicyclic) bond motifs is 1. The predicted octanol–water partition coefficient (Wildman–Crippen LogP) is 5.14. The van der Waals surface area contributed by atoms with Crippen LogP contribution in [0.25, 0.3) is 10.9 Å². The Morgan fingerprint density at radius 1 is 1.15 bits per heavy atom. The van der Waals surface area contributed by atoms with Crippen molar-refractivity contribution in [1.82, 2.24) is 20.2 Å². The Balaban J connectivity index is 1.54. The van der Waals surface area contributed by atoms with Crippen molar-refractivity contribution in [2.45, 2.75) is 37.8 Å². The van der Waals surface area contributed by atoms with E-state index in [9.17, 15) is 9.18 Å². The third-order valence-corrected chi connectivity index (χ3v) is 6.12. The summed E-state index contributed by atoms with van der Waals surface area (Å²) >= 11 is 5.92. The molecule has 0 saturated heterocycles. The van der Waals surface area contributed by atoms with Gasteiger partial charge in [0.25, 0.3) is 0 Å². The third kappa shape index (κ3) is 5.25. The van der Waals surface area contributed by atoms with E-state index >= 15 is 0 Å². The Morgan fingerprint density at radius 3 is 2.62 bits per heavy atom. The third-order valence-electron chi connectivity index (χ3n) is 5.83. The Bertz CT molecular complexity index is 1180. The summed E-state index contributed by atoms with van der Waals surface area (Å²) < 4.78 is 26.3. The lowest BCUT2D eigenvalue weighted by Crippen LogP contribution is -2.44. The number of hydrogen-bond acceptors (Lipinski definition) is 6. The highest BCUT2D eigenvalue weighted by Crippen LogP contribution is 2.37. The number of benzene rings is 2. The topological polar surface area (TPSA) is 88.6 Å². The predicted molar refractivity (Wildman–Crippen MR) is 130 cm³/mol. The molecule has 3 aromatic rings.